The molecule has 3 aromatic carbocycles. The minimum atomic E-state index is -4.67. The first-order valence-corrected chi connectivity index (χ1v) is 23.9. The SMILES string of the molecule is Cc1ccc(O[C@H]2CCN(c3ccc(F)cc3C(N)=O)C2)nc1.Cc1ccc(O[C@H]2CCNC2)nc1.Cl.O=S(=O)(O)O.S.[C-]#[N+]c1cc(F)ccc1F.[C-]#[N+]c1cc(F)ccc1N1CC[C@H](Oc2ccc(C)cn2)C1. The monoisotopic (exact) mass is 1100 g/mol. The molecule has 9 rings (SSSR count). The highest BCUT2D eigenvalue weighted by Gasteiger charge is 2.28. The summed E-state index contributed by atoms with van der Waals surface area (Å²) in [5.74, 6) is -0.838. The molecule has 0 spiro atoms. The lowest BCUT2D eigenvalue weighted by atomic mass is 10.1. The molecule has 75 heavy (non-hydrogen) atoms. The molecular weight excluding hydrogens is 1040 g/mol. The van der Waals surface area contributed by atoms with E-state index in [4.69, 9.17) is 50.6 Å². The van der Waals surface area contributed by atoms with Crippen molar-refractivity contribution in [3.63, 3.8) is 0 Å². The fourth-order valence-electron chi connectivity index (χ4n) is 7.31. The van der Waals surface area contributed by atoms with Gasteiger partial charge < -0.3 is 35.1 Å². The third-order valence-corrected chi connectivity index (χ3v) is 10.8. The number of anilines is 2. The Hall–Kier alpha value is -7.25. The van der Waals surface area contributed by atoms with E-state index in [1.54, 1.807) is 24.5 Å². The molecule has 3 saturated heterocycles. The Balaban J connectivity index is 0.000000264. The molecule has 3 aliphatic rings. The minimum Gasteiger partial charge on any atom is -0.473 e. The highest BCUT2D eigenvalue weighted by molar-refractivity contribution is 7.79. The average Bonchev–Trinajstić information content (AvgIpc) is 4.16. The van der Waals surface area contributed by atoms with Gasteiger partial charge in [0.2, 0.25) is 29.0 Å². The van der Waals surface area contributed by atoms with Gasteiger partial charge in [-0.15, -0.1) is 12.4 Å². The van der Waals surface area contributed by atoms with Gasteiger partial charge in [-0.05, 0) is 105 Å². The number of hydrogen-bond donors (Lipinski definition) is 4. The summed E-state index contributed by atoms with van der Waals surface area (Å²) in [6.45, 7) is 24.3. The summed E-state index contributed by atoms with van der Waals surface area (Å²) in [7, 11) is -4.67. The third-order valence-electron chi connectivity index (χ3n) is 10.8. The first-order chi connectivity index (χ1) is 34.8. The van der Waals surface area contributed by atoms with E-state index in [1.807, 2.05) is 68.3 Å². The van der Waals surface area contributed by atoms with E-state index in [1.165, 1.54) is 24.3 Å². The van der Waals surface area contributed by atoms with Crippen LogP contribution in [-0.2, 0) is 10.4 Å². The predicted molar refractivity (Wildman–Crippen MR) is 283 cm³/mol. The number of aryl methyl sites for hydroxylation is 3. The molecule has 0 saturated carbocycles. The fourth-order valence-corrected chi connectivity index (χ4v) is 7.31. The number of carbonyl (C=O) groups is 1. The molecule has 17 nitrogen and oxygen atoms in total. The second-order valence-corrected chi connectivity index (χ2v) is 17.5. The number of ether oxygens (including phenoxy) is 3. The number of rotatable bonds is 9. The topological polar surface area (TPSA) is 211 Å². The highest BCUT2D eigenvalue weighted by Crippen LogP contribution is 2.33. The van der Waals surface area contributed by atoms with Crippen LogP contribution in [-0.4, -0.2) is 96.0 Å². The molecule has 1 amide bonds. The normalized spacial score (nSPS) is 16.1. The lowest BCUT2D eigenvalue weighted by Crippen LogP contribution is -2.27. The Labute approximate surface area is 446 Å². The number of aromatic nitrogens is 3. The van der Waals surface area contributed by atoms with Crippen molar-refractivity contribution in [2.75, 3.05) is 49.1 Å². The second kappa shape index (κ2) is 30.2. The van der Waals surface area contributed by atoms with E-state index in [9.17, 15) is 22.4 Å². The van der Waals surface area contributed by atoms with Crippen molar-refractivity contribution >= 4 is 65.0 Å². The Bertz CT molecular complexity index is 2970. The van der Waals surface area contributed by atoms with E-state index >= 15 is 0 Å². The molecule has 0 aliphatic carbocycles. The molecule has 5 N–H and O–H groups in total. The van der Waals surface area contributed by atoms with Crippen molar-refractivity contribution in [2.24, 2.45) is 5.73 Å². The minimum absolute atomic E-state index is 0. The lowest BCUT2D eigenvalue weighted by molar-refractivity contribution is 0.1000. The molecule has 24 heteroatoms. The van der Waals surface area contributed by atoms with Gasteiger partial charge in [0, 0.05) is 80.6 Å². The maximum Gasteiger partial charge on any atom is 0.394 e. The van der Waals surface area contributed by atoms with E-state index in [-0.39, 0.29) is 55.2 Å². The van der Waals surface area contributed by atoms with Crippen molar-refractivity contribution in [1.82, 2.24) is 20.3 Å². The molecule has 6 aromatic rings. The van der Waals surface area contributed by atoms with Gasteiger partial charge in [-0.3, -0.25) is 13.9 Å². The maximum absolute atomic E-state index is 13.3. The van der Waals surface area contributed by atoms with E-state index < -0.39 is 33.8 Å². The Kier molecular flexibility index (Phi) is 25.0. The third kappa shape index (κ3) is 21.3. The zero-order valence-corrected chi connectivity index (χ0v) is 43.5. The number of pyridine rings is 3. The van der Waals surface area contributed by atoms with Gasteiger partial charge in [0.05, 0.1) is 31.8 Å². The molecule has 6 heterocycles. The Morgan fingerprint density at radius 2 is 1.07 bits per heavy atom. The molecule has 0 radical (unpaired) electrons. The summed E-state index contributed by atoms with van der Waals surface area (Å²) in [5.41, 5.74) is 10.3. The van der Waals surface area contributed by atoms with Crippen molar-refractivity contribution in [2.45, 2.75) is 58.3 Å². The second-order valence-electron chi connectivity index (χ2n) is 16.6. The van der Waals surface area contributed by atoms with Crippen LogP contribution in [0.4, 0.5) is 40.3 Å². The summed E-state index contributed by atoms with van der Waals surface area (Å²) in [5, 5.41) is 3.25. The first-order valence-electron chi connectivity index (χ1n) is 22.5. The molecule has 3 fully saturated rings. The van der Waals surface area contributed by atoms with Gasteiger partial charge >= 0.3 is 10.4 Å². The lowest BCUT2D eigenvalue weighted by Gasteiger charge is -2.21. The molecule has 400 valence electrons. The van der Waals surface area contributed by atoms with Gasteiger partial charge in [0.1, 0.15) is 41.6 Å². The van der Waals surface area contributed by atoms with Crippen molar-refractivity contribution in [3.05, 3.63) is 178 Å². The highest BCUT2D eigenvalue weighted by atomic mass is 35.5. The summed E-state index contributed by atoms with van der Waals surface area (Å²) in [6, 6.07) is 22.7. The molecule has 3 aliphatic heterocycles. The number of primary amides is 1. The zero-order valence-electron chi connectivity index (χ0n) is 40.9. The van der Waals surface area contributed by atoms with Gasteiger partial charge in [-0.1, -0.05) is 18.2 Å². The smallest absolute Gasteiger partial charge is 0.394 e. The van der Waals surface area contributed by atoms with Crippen molar-refractivity contribution in [3.8, 4) is 17.6 Å². The van der Waals surface area contributed by atoms with E-state index in [0.29, 0.717) is 48.9 Å². The number of amides is 1. The zero-order chi connectivity index (χ0) is 53.1. The Morgan fingerprint density at radius 1 is 0.653 bits per heavy atom. The van der Waals surface area contributed by atoms with Crippen LogP contribution in [0.2, 0.25) is 0 Å². The summed E-state index contributed by atoms with van der Waals surface area (Å²) >= 11 is 0. The van der Waals surface area contributed by atoms with E-state index in [0.717, 1.165) is 85.4 Å². The van der Waals surface area contributed by atoms with Crippen molar-refractivity contribution in [1.29, 1.82) is 0 Å². The van der Waals surface area contributed by atoms with Crippen molar-refractivity contribution < 1.29 is 54.1 Å². The standard InChI is InChI=1S/C17H18FN3O2.C17H16FN3O.C10H14N2O.C7H3F2N.ClH.H2O4S.H2S/c1-11-2-5-16(20-9-11)23-13-6-7-21(10-13)15-4-3-12(18)8-14(15)17(19)22;1-12-3-6-17(20-10-12)22-14-7-8-21(11-14)16-5-4-13(18)9-15(16)19-2;1-8-2-3-10(12-6-8)13-9-4-5-11-7-9;1-10-7-4-5(8)2-3-6(7)9;;1-5(2,3)4;/h2-5,8-9,13H,6-7,10H2,1H3,(H2,19,22);3-6,9-10,14H,7-8,11H2,1H3;2-3,6,9,11H,4-5,7H2,1H3;2-4H;1H;(H2,1,2,3,4);1H2/t13-;14-;9-;;;;/m000..../s1. The van der Waals surface area contributed by atoms with Crippen LogP contribution in [0.3, 0.4) is 0 Å². The molecule has 3 aromatic heterocycles. The van der Waals surface area contributed by atoms with Crippen LogP contribution >= 0.6 is 25.9 Å². The maximum atomic E-state index is 13.3. The van der Waals surface area contributed by atoms with Crippen LogP contribution in [0.15, 0.2) is 110 Å². The van der Waals surface area contributed by atoms with Crippen LogP contribution in [0, 0.1) is 57.2 Å². The molecule has 0 bridgehead atoms. The summed E-state index contributed by atoms with van der Waals surface area (Å²) in [6.07, 6.45) is 8.39. The quantitative estimate of drug-likeness (QED) is 0.0604. The summed E-state index contributed by atoms with van der Waals surface area (Å²) in [4.78, 5) is 34.4. The number of carbonyl (C=O) groups excluding carboxylic acids is 1. The predicted octanol–water partition coefficient (Wildman–Crippen LogP) is 9.55. The molecule has 3 atom stereocenters. The van der Waals surface area contributed by atoms with Crippen LogP contribution < -0.4 is 35.1 Å². The average molecular weight is 1100 g/mol. The number of nitrogens with zero attached hydrogens (tertiary/aromatic N) is 7. The Morgan fingerprint density at radius 3 is 1.47 bits per heavy atom. The van der Waals surface area contributed by atoms with Gasteiger partial charge in [0.15, 0.2) is 0 Å². The van der Waals surface area contributed by atoms with Crippen LogP contribution in [0.5, 0.6) is 17.6 Å². The largest absolute Gasteiger partial charge is 0.473 e. The summed E-state index contributed by atoms with van der Waals surface area (Å²) < 4.78 is 100. The first kappa shape index (κ1) is 62.0. The molecule has 0 unspecified atom stereocenters. The van der Waals surface area contributed by atoms with Gasteiger partial charge in [-0.25, -0.2) is 42.2 Å². The van der Waals surface area contributed by atoms with Gasteiger partial charge in [-0.2, -0.15) is 21.9 Å². The number of benzene rings is 3. The number of halogens is 5. The van der Waals surface area contributed by atoms with E-state index in [2.05, 4.69) is 34.9 Å². The van der Waals surface area contributed by atoms with Gasteiger partial charge in [0.25, 0.3) is 5.91 Å². The number of nitrogens with one attached hydrogen (secondary N) is 1. The van der Waals surface area contributed by atoms with Crippen LogP contribution in [0.25, 0.3) is 9.69 Å². The number of nitrogens with two attached hydrogens (primary N) is 1. The van der Waals surface area contributed by atoms with Crippen LogP contribution in [0.1, 0.15) is 46.3 Å². The number of hydrogen-bond acceptors (Lipinski definition) is 12. The fraction of sp³-hybridized carbons (Fsp3) is 0.294. The molecular formula is C51H56ClF4N9O8S2.